The minimum absolute atomic E-state index is 0.264. The Balaban J connectivity index is 1.63. The van der Waals surface area contributed by atoms with E-state index in [1.165, 1.54) is 10.4 Å². The summed E-state index contributed by atoms with van der Waals surface area (Å²) in [6, 6.07) is 11.4. The molecular weight excluding hydrogens is 318 g/mol. The molecule has 0 saturated carbocycles. The zero-order valence-corrected chi connectivity index (χ0v) is 15.4. The number of hydrogen-bond acceptors (Lipinski definition) is 5. The van der Waals surface area contributed by atoms with Crippen molar-refractivity contribution in [2.75, 3.05) is 26.2 Å². The van der Waals surface area contributed by atoms with Gasteiger partial charge >= 0.3 is 0 Å². The van der Waals surface area contributed by atoms with Gasteiger partial charge in [0.15, 0.2) is 0 Å². The van der Waals surface area contributed by atoms with Crippen LogP contribution in [0.3, 0.4) is 0 Å². The fraction of sp³-hybridized carbons (Fsp3) is 0.526. The van der Waals surface area contributed by atoms with E-state index in [2.05, 4.69) is 52.9 Å². The quantitative estimate of drug-likeness (QED) is 0.873. The fourth-order valence-corrected chi connectivity index (χ4v) is 4.44. The Morgan fingerprint density at radius 2 is 2.04 bits per heavy atom. The number of thiazole rings is 1. The molecule has 0 unspecified atom stereocenters. The molecule has 5 heteroatoms. The molecule has 2 heterocycles. The highest BCUT2D eigenvalue weighted by Gasteiger charge is 2.28. The van der Waals surface area contributed by atoms with Crippen LogP contribution in [0.15, 0.2) is 36.5 Å². The molecule has 130 valence electrons. The topological polar surface area (TPSA) is 39.6 Å². The molecule has 1 fully saturated rings. The molecule has 1 aliphatic heterocycles. The van der Waals surface area contributed by atoms with Crippen molar-refractivity contribution in [3.63, 3.8) is 0 Å². The number of piperazine rings is 1. The molecule has 3 rings (SSSR count). The lowest BCUT2D eigenvalue weighted by molar-refractivity contribution is 0.0353. The Morgan fingerprint density at radius 1 is 1.25 bits per heavy atom. The lowest BCUT2D eigenvalue weighted by Crippen LogP contribution is -2.55. The smallest absolute Gasteiger partial charge is 0.123 e. The third kappa shape index (κ3) is 4.22. The van der Waals surface area contributed by atoms with Crippen LogP contribution in [0, 0.1) is 0 Å². The van der Waals surface area contributed by atoms with Gasteiger partial charge in [0.2, 0.25) is 0 Å². The lowest BCUT2D eigenvalue weighted by atomic mass is 10.1. The second-order valence-electron chi connectivity index (χ2n) is 6.73. The maximum absolute atomic E-state index is 9.37. The van der Waals surface area contributed by atoms with Crippen LogP contribution in [0.4, 0.5) is 0 Å². The van der Waals surface area contributed by atoms with Crippen molar-refractivity contribution in [1.29, 1.82) is 0 Å². The Kier molecular flexibility index (Phi) is 6.00. The van der Waals surface area contributed by atoms with E-state index in [0.717, 1.165) is 37.6 Å². The van der Waals surface area contributed by atoms with Crippen molar-refractivity contribution in [3.8, 4) is 10.6 Å². The highest BCUT2D eigenvalue weighted by molar-refractivity contribution is 7.15. The molecule has 1 aliphatic rings. The summed E-state index contributed by atoms with van der Waals surface area (Å²) >= 11 is 1.79. The van der Waals surface area contributed by atoms with Gasteiger partial charge in [-0.1, -0.05) is 30.3 Å². The summed E-state index contributed by atoms with van der Waals surface area (Å²) in [5, 5.41) is 10.5. The average Bonchev–Trinajstić information content (AvgIpc) is 3.04. The van der Waals surface area contributed by atoms with E-state index in [4.69, 9.17) is 0 Å². The van der Waals surface area contributed by atoms with Crippen molar-refractivity contribution in [2.24, 2.45) is 0 Å². The number of aliphatic hydroxyl groups excluding tert-OH is 1. The highest BCUT2D eigenvalue weighted by atomic mass is 32.1. The van der Waals surface area contributed by atoms with Gasteiger partial charge < -0.3 is 5.11 Å². The summed E-state index contributed by atoms with van der Waals surface area (Å²) in [7, 11) is 0. The van der Waals surface area contributed by atoms with Crippen molar-refractivity contribution < 1.29 is 5.11 Å². The van der Waals surface area contributed by atoms with Gasteiger partial charge in [0, 0.05) is 61.5 Å². The Hall–Kier alpha value is -1.27. The largest absolute Gasteiger partial charge is 0.396 e. The van der Waals surface area contributed by atoms with Crippen LogP contribution >= 0.6 is 11.3 Å². The molecule has 0 radical (unpaired) electrons. The fourth-order valence-electron chi connectivity index (χ4n) is 3.48. The van der Waals surface area contributed by atoms with Crippen molar-refractivity contribution in [2.45, 2.75) is 38.9 Å². The van der Waals surface area contributed by atoms with Crippen molar-refractivity contribution in [1.82, 2.24) is 14.8 Å². The van der Waals surface area contributed by atoms with Gasteiger partial charge in [-0.15, -0.1) is 11.3 Å². The Labute approximate surface area is 148 Å². The monoisotopic (exact) mass is 345 g/mol. The molecule has 1 N–H and O–H groups in total. The van der Waals surface area contributed by atoms with Gasteiger partial charge in [0.25, 0.3) is 0 Å². The second-order valence-corrected chi connectivity index (χ2v) is 7.85. The molecule has 4 nitrogen and oxygen atoms in total. The number of rotatable bonds is 6. The summed E-state index contributed by atoms with van der Waals surface area (Å²) in [5.74, 6) is 0. The molecule has 2 aromatic rings. The SMILES string of the molecule is CC(C)N1CCN(Cc2cnc(-c3ccccc3)s2)C[C@H]1CCO. The number of nitrogens with zero attached hydrogens (tertiary/aromatic N) is 3. The summed E-state index contributed by atoms with van der Waals surface area (Å²) in [6.07, 6.45) is 2.87. The zero-order chi connectivity index (χ0) is 16.9. The molecule has 0 aliphatic carbocycles. The van der Waals surface area contributed by atoms with Gasteiger partial charge in [-0.05, 0) is 20.3 Å². The van der Waals surface area contributed by atoms with E-state index in [0.29, 0.717) is 12.1 Å². The van der Waals surface area contributed by atoms with E-state index >= 15 is 0 Å². The molecule has 0 bridgehead atoms. The van der Waals surface area contributed by atoms with E-state index in [9.17, 15) is 5.11 Å². The van der Waals surface area contributed by atoms with E-state index in [-0.39, 0.29) is 6.61 Å². The minimum Gasteiger partial charge on any atom is -0.396 e. The van der Waals surface area contributed by atoms with Gasteiger partial charge in [-0.3, -0.25) is 9.80 Å². The molecule has 1 aromatic carbocycles. The molecule has 1 aromatic heterocycles. The molecule has 1 saturated heterocycles. The van der Waals surface area contributed by atoms with Crippen LogP contribution in [0.1, 0.15) is 25.1 Å². The van der Waals surface area contributed by atoms with Crippen LogP contribution in [-0.2, 0) is 6.54 Å². The summed E-state index contributed by atoms with van der Waals surface area (Å²) in [4.78, 5) is 10.9. The van der Waals surface area contributed by atoms with E-state index in [1.54, 1.807) is 11.3 Å². The zero-order valence-electron chi connectivity index (χ0n) is 14.6. The van der Waals surface area contributed by atoms with Crippen LogP contribution in [-0.4, -0.2) is 58.2 Å². The third-order valence-electron chi connectivity index (χ3n) is 4.69. The lowest BCUT2D eigenvalue weighted by Gasteiger charge is -2.43. The van der Waals surface area contributed by atoms with Crippen LogP contribution in [0.5, 0.6) is 0 Å². The van der Waals surface area contributed by atoms with Gasteiger partial charge in [0.1, 0.15) is 5.01 Å². The Morgan fingerprint density at radius 3 is 2.75 bits per heavy atom. The maximum atomic E-state index is 9.37. The maximum Gasteiger partial charge on any atom is 0.123 e. The molecular formula is C19H27N3OS. The van der Waals surface area contributed by atoms with E-state index in [1.807, 2.05) is 12.3 Å². The first-order valence-electron chi connectivity index (χ1n) is 8.76. The average molecular weight is 346 g/mol. The number of hydrogen-bond donors (Lipinski definition) is 1. The Bertz CT molecular complexity index is 629. The van der Waals surface area contributed by atoms with Crippen molar-refractivity contribution >= 4 is 11.3 Å². The van der Waals surface area contributed by atoms with Gasteiger partial charge in [-0.2, -0.15) is 0 Å². The molecule has 0 spiro atoms. The van der Waals surface area contributed by atoms with Crippen LogP contribution in [0.2, 0.25) is 0 Å². The normalized spacial score (nSPS) is 19.9. The van der Waals surface area contributed by atoms with E-state index < -0.39 is 0 Å². The minimum atomic E-state index is 0.264. The van der Waals surface area contributed by atoms with Gasteiger partial charge in [0.05, 0.1) is 0 Å². The number of benzene rings is 1. The second kappa shape index (κ2) is 8.21. The predicted octanol–water partition coefficient (Wildman–Crippen LogP) is 3.09. The summed E-state index contributed by atoms with van der Waals surface area (Å²) in [5.41, 5.74) is 1.19. The summed E-state index contributed by atoms with van der Waals surface area (Å²) in [6.45, 7) is 8.90. The number of aliphatic hydroxyl groups is 1. The standard InChI is InChI=1S/C19H27N3OS/c1-15(2)22-10-9-21(13-17(22)8-11-23)14-18-12-20-19(24-18)16-6-4-3-5-7-16/h3-7,12,15,17,23H,8-11,13-14H2,1-2H3/t17-/m1/s1. The van der Waals surface area contributed by atoms with Crippen LogP contribution < -0.4 is 0 Å². The number of aromatic nitrogens is 1. The highest BCUT2D eigenvalue weighted by Crippen LogP contribution is 2.26. The third-order valence-corrected chi connectivity index (χ3v) is 5.72. The first-order chi connectivity index (χ1) is 11.7. The molecule has 0 amide bonds. The summed E-state index contributed by atoms with van der Waals surface area (Å²) < 4.78 is 0. The molecule has 1 atom stereocenters. The molecule has 24 heavy (non-hydrogen) atoms. The van der Waals surface area contributed by atoms with Gasteiger partial charge in [-0.25, -0.2) is 4.98 Å². The first kappa shape index (κ1) is 17.5. The predicted molar refractivity (Wildman–Crippen MR) is 100 cm³/mol. The first-order valence-corrected chi connectivity index (χ1v) is 9.58. The van der Waals surface area contributed by atoms with Crippen molar-refractivity contribution in [3.05, 3.63) is 41.4 Å². The van der Waals surface area contributed by atoms with Crippen LogP contribution in [0.25, 0.3) is 10.6 Å².